The quantitative estimate of drug-likeness (QED) is 0.378. The van der Waals surface area contributed by atoms with Gasteiger partial charge in [0.25, 0.3) is 0 Å². The third-order valence-corrected chi connectivity index (χ3v) is 1.62. The molecule has 4 nitrogen and oxygen atoms in total. The van der Waals surface area contributed by atoms with E-state index >= 15 is 0 Å². The number of rotatable bonds is 5. The first-order chi connectivity index (χ1) is 8.02. The standard InChI is InChI=1S/C9H8F4N2O2/c10-8(11)16-6-2-1-5(4-15-14)3-7(6)17-9(12)13/h1-4,8-9H,14H2. The molecule has 1 aromatic rings. The maximum Gasteiger partial charge on any atom is 0.387 e. The van der Waals surface area contributed by atoms with Crippen LogP contribution in [0.1, 0.15) is 5.56 Å². The van der Waals surface area contributed by atoms with Gasteiger partial charge in [0, 0.05) is 0 Å². The van der Waals surface area contributed by atoms with Gasteiger partial charge in [-0.3, -0.25) is 0 Å². The number of hydrazone groups is 1. The van der Waals surface area contributed by atoms with Crippen molar-refractivity contribution in [2.24, 2.45) is 10.9 Å². The van der Waals surface area contributed by atoms with Crippen LogP contribution in [0.15, 0.2) is 23.3 Å². The lowest BCUT2D eigenvalue weighted by Gasteiger charge is -2.11. The van der Waals surface area contributed by atoms with Crippen LogP contribution in [0, 0.1) is 0 Å². The molecule has 17 heavy (non-hydrogen) atoms. The van der Waals surface area contributed by atoms with Gasteiger partial charge in [-0.1, -0.05) is 0 Å². The lowest BCUT2D eigenvalue weighted by atomic mass is 10.2. The van der Waals surface area contributed by atoms with Gasteiger partial charge >= 0.3 is 13.2 Å². The number of nitrogens with two attached hydrogens (primary N) is 1. The van der Waals surface area contributed by atoms with E-state index < -0.39 is 24.7 Å². The van der Waals surface area contributed by atoms with Gasteiger partial charge in [-0.25, -0.2) is 0 Å². The Morgan fingerprint density at radius 3 is 2.18 bits per heavy atom. The molecule has 0 aliphatic carbocycles. The molecule has 1 rings (SSSR count). The highest BCUT2D eigenvalue weighted by molar-refractivity contribution is 5.80. The van der Waals surface area contributed by atoms with Crippen molar-refractivity contribution >= 4 is 6.21 Å². The second kappa shape index (κ2) is 5.92. The van der Waals surface area contributed by atoms with Crippen molar-refractivity contribution in [3.8, 4) is 11.5 Å². The zero-order chi connectivity index (χ0) is 12.8. The van der Waals surface area contributed by atoms with Gasteiger partial charge in [0.1, 0.15) is 0 Å². The Kier molecular flexibility index (Phi) is 4.56. The number of nitrogens with zero attached hydrogens (tertiary/aromatic N) is 1. The highest BCUT2D eigenvalue weighted by Gasteiger charge is 2.14. The first kappa shape index (κ1) is 13.1. The van der Waals surface area contributed by atoms with Crippen LogP contribution in [-0.4, -0.2) is 19.4 Å². The minimum Gasteiger partial charge on any atom is -0.431 e. The van der Waals surface area contributed by atoms with Crippen molar-refractivity contribution in [3.63, 3.8) is 0 Å². The molecule has 0 amide bonds. The summed E-state index contributed by atoms with van der Waals surface area (Å²) in [5.41, 5.74) is 0.310. The molecular formula is C9H8F4N2O2. The van der Waals surface area contributed by atoms with Crippen LogP contribution in [0.4, 0.5) is 17.6 Å². The molecule has 94 valence electrons. The van der Waals surface area contributed by atoms with Crippen LogP contribution in [0.25, 0.3) is 0 Å². The molecule has 0 spiro atoms. The van der Waals surface area contributed by atoms with Crippen LogP contribution in [0.3, 0.4) is 0 Å². The average molecular weight is 252 g/mol. The van der Waals surface area contributed by atoms with Crippen LogP contribution >= 0.6 is 0 Å². The summed E-state index contributed by atoms with van der Waals surface area (Å²) in [6.45, 7) is -6.29. The first-order valence-corrected chi connectivity index (χ1v) is 4.30. The monoisotopic (exact) mass is 252 g/mol. The van der Waals surface area contributed by atoms with Crippen molar-refractivity contribution in [1.29, 1.82) is 0 Å². The van der Waals surface area contributed by atoms with E-state index in [1.165, 1.54) is 6.07 Å². The number of hydrogen-bond acceptors (Lipinski definition) is 4. The first-order valence-electron chi connectivity index (χ1n) is 4.30. The van der Waals surface area contributed by atoms with Gasteiger partial charge in [-0.05, 0) is 23.8 Å². The Bertz CT molecular complexity index is 399. The third kappa shape index (κ3) is 4.17. The minimum absolute atomic E-state index is 0.310. The van der Waals surface area contributed by atoms with Crippen molar-refractivity contribution in [2.45, 2.75) is 13.2 Å². The van der Waals surface area contributed by atoms with E-state index in [2.05, 4.69) is 14.6 Å². The van der Waals surface area contributed by atoms with Gasteiger partial charge in [-0.15, -0.1) is 0 Å². The fourth-order valence-corrected chi connectivity index (χ4v) is 1.07. The Labute approximate surface area is 93.6 Å². The average Bonchev–Trinajstić information content (AvgIpc) is 2.21. The van der Waals surface area contributed by atoms with Crippen LogP contribution in [0.2, 0.25) is 0 Å². The summed E-state index contributed by atoms with van der Waals surface area (Å²) in [6, 6.07) is 3.42. The highest BCUT2D eigenvalue weighted by Crippen LogP contribution is 2.30. The normalized spacial score (nSPS) is 11.4. The fourth-order valence-electron chi connectivity index (χ4n) is 1.07. The molecule has 0 radical (unpaired) electrons. The van der Waals surface area contributed by atoms with E-state index in [1.54, 1.807) is 0 Å². The largest absolute Gasteiger partial charge is 0.431 e. The van der Waals surface area contributed by atoms with Crippen molar-refractivity contribution in [1.82, 2.24) is 0 Å². The van der Waals surface area contributed by atoms with E-state index in [1.807, 2.05) is 0 Å². The van der Waals surface area contributed by atoms with E-state index in [4.69, 9.17) is 5.84 Å². The molecule has 0 saturated carbocycles. The molecule has 0 unspecified atom stereocenters. The Morgan fingerprint density at radius 1 is 1.06 bits per heavy atom. The van der Waals surface area contributed by atoms with E-state index in [9.17, 15) is 17.6 Å². The number of ether oxygens (including phenoxy) is 2. The lowest BCUT2D eigenvalue weighted by molar-refractivity contribution is -0.0692. The van der Waals surface area contributed by atoms with Gasteiger partial charge in [0.05, 0.1) is 6.21 Å². The second-order valence-corrected chi connectivity index (χ2v) is 2.74. The Morgan fingerprint density at radius 2 is 1.65 bits per heavy atom. The number of alkyl halides is 4. The molecule has 0 heterocycles. The molecule has 0 fully saturated rings. The van der Waals surface area contributed by atoms with Crippen LogP contribution in [0.5, 0.6) is 11.5 Å². The smallest absolute Gasteiger partial charge is 0.387 e. The summed E-state index contributed by atoms with van der Waals surface area (Å²) in [5.74, 6) is 3.85. The molecule has 0 aliphatic rings. The predicted molar refractivity (Wildman–Crippen MR) is 51.5 cm³/mol. The fraction of sp³-hybridized carbons (Fsp3) is 0.222. The summed E-state index contributed by atoms with van der Waals surface area (Å²) in [4.78, 5) is 0. The van der Waals surface area contributed by atoms with Gasteiger partial charge in [0.15, 0.2) is 11.5 Å². The molecule has 0 aromatic heterocycles. The SMILES string of the molecule is NN=Cc1ccc(OC(F)F)c(OC(F)F)c1. The van der Waals surface area contributed by atoms with Crippen LogP contribution in [-0.2, 0) is 0 Å². The highest BCUT2D eigenvalue weighted by atomic mass is 19.3. The maximum absolute atomic E-state index is 12.0. The summed E-state index contributed by atoms with van der Waals surface area (Å²) in [7, 11) is 0. The third-order valence-electron chi connectivity index (χ3n) is 1.62. The van der Waals surface area contributed by atoms with E-state index in [0.29, 0.717) is 5.56 Å². The number of benzene rings is 1. The molecule has 0 atom stereocenters. The van der Waals surface area contributed by atoms with Gasteiger partial charge in [0.2, 0.25) is 0 Å². The van der Waals surface area contributed by atoms with Crippen molar-refractivity contribution in [2.75, 3.05) is 0 Å². The summed E-state index contributed by atoms with van der Waals surface area (Å²) in [6.07, 6.45) is 1.14. The van der Waals surface area contributed by atoms with E-state index in [0.717, 1.165) is 18.3 Å². The van der Waals surface area contributed by atoms with Crippen molar-refractivity contribution < 1.29 is 27.0 Å². The lowest BCUT2D eigenvalue weighted by Crippen LogP contribution is -2.08. The Balaban J connectivity index is 3.02. The van der Waals surface area contributed by atoms with Gasteiger partial charge < -0.3 is 15.3 Å². The summed E-state index contributed by atoms with van der Waals surface area (Å²) < 4.78 is 56.1. The molecule has 0 aliphatic heterocycles. The van der Waals surface area contributed by atoms with E-state index in [-0.39, 0.29) is 0 Å². The molecule has 2 N–H and O–H groups in total. The second-order valence-electron chi connectivity index (χ2n) is 2.74. The molecular weight excluding hydrogens is 244 g/mol. The molecule has 1 aromatic carbocycles. The number of hydrogen-bond donors (Lipinski definition) is 1. The summed E-state index contributed by atoms with van der Waals surface area (Å²) in [5, 5.41) is 3.16. The number of halogens is 4. The van der Waals surface area contributed by atoms with Gasteiger partial charge in [-0.2, -0.15) is 22.7 Å². The predicted octanol–water partition coefficient (Wildman–Crippen LogP) is 2.18. The molecule has 0 bridgehead atoms. The maximum atomic E-state index is 12.0. The summed E-state index contributed by atoms with van der Waals surface area (Å²) >= 11 is 0. The zero-order valence-electron chi connectivity index (χ0n) is 8.32. The van der Waals surface area contributed by atoms with Crippen LogP contribution < -0.4 is 15.3 Å². The topological polar surface area (TPSA) is 56.8 Å². The molecule has 0 saturated heterocycles. The minimum atomic E-state index is -3.15. The Hall–Kier alpha value is -1.99. The molecule has 8 heteroatoms. The van der Waals surface area contributed by atoms with Crippen molar-refractivity contribution in [3.05, 3.63) is 23.8 Å². The zero-order valence-corrected chi connectivity index (χ0v) is 8.32.